The highest BCUT2D eigenvalue weighted by atomic mass is 127. The normalized spacial score (nSPS) is 21.0. The third-order valence-electron chi connectivity index (χ3n) is 5.63. The summed E-state index contributed by atoms with van der Waals surface area (Å²) >= 11 is 7.45. The number of ketones is 1. The molecule has 2 N–H and O–H groups in total. The number of benzene rings is 1. The Morgan fingerprint density at radius 2 is 1.97 bits per heavy atom. The number of allylic oxidation sites excluding steroid dienone is 3. The van der Waals surface area contributed by atoms with E-state index in [1.165, 1.54) is 0 Å². The lowest BCUT2D eigenvalue weighted by Crippen LogP contribution is -2.42. The van der Waals surface area contributed by atoms with Gasteiger partial charge < -0.3 is 5.73 Å². The Bertz CT molecular complexity index is 1130. The molecule has 0 bridgehead atoms. The second-order valence-corrected chi connectivity index (χ2v) is 11.9. The van der Waals surface area contributed by atoms with Crippen LogP contribution in [-0.2, 0) is 4.79 Å². The minimum atomic E-state index is -0.413. The summed E-state index contributed by atoms with van der Waals surface area (Å²) in [6, 6.07) is 12.4. The fourth-order valence-electron chi connectivity index (χ4n) is 4.30. The van der Waals surface area contributed by atoms with Crippen LogP contribution in [0.5, 0.6) is 0 Å². The molecule has 4 rings (SSSR count). The Balaban J connectivity index is 2.00. The van der Waals surface area contributed by atoms with Gasteiger partial charge in [0.25, 0.3) is 0 Å². The predicted octanol–water partition coefficient (Wildman–Crippen LogP) is 6.36. The van der Waals surface area contributed by atoms with E-state index in [-0.39, 0.29) is 11.2 Å². The topological polar surface area (TPSA) is 70.1 Å². The quantitative estimate of drug-likeness (QED) is 0.411. The summed E-state index contributed by atoms with van der Waals surface area (Å²) in [7, 11) is 0. The highest BCUT2D eigenvalue weighted by Gasteiger charge is 2.45. The van der Waals surface area contributed by atoms with Gasteiger partial charge in [0.05, 0.1) is 17.6 Å². The minimum absolute atomic E-state index is 0.101. The van der Waals surface area contributed by atoms with Crippen LogP contribution >= 0.6 is 49.9 Å². The molecule has 2 heterocycles. The van der Waals surface area contributed by atoms with Gasteiger partial charge in [0.1, 0.15) is 5.82 Å². The first-order valence-corrected chi connectivity index (χ1v) is 12.3. The fraction of sp³-hybridized carbons (Fsp3) is 0.304. The van der Waals surface area contributed by atoms with Crippen molar-refractivity contribution in [1.29, 1.82) is 5.26 Å². The maximum Gasteiger partial charge on any atom is 0.162 e. The van der Waals surface area contributed by atoms with Gasteiger partial charge in [-0.05, 0) is 87.6 Å². The van der Waals surface area contributed by atoms with Crippen molar-refractivity contribution in [2.75, 3.05) is 4.90 Å². The molecule has 1 unspecified atom stereocenters. The van der Waals surface area contributed by atoms with Crippen LogP contribution in [0.1, 0.15) is 42.4 Å². The SMILES string of the molecule is Cc1sc(C2C(C#N)=C(N)N(c3ccc(I)cc3)C3=C2C(=O)CC(C)(C)C3)cc1Br. The highest BCUT2D eigenvalue weighted by molar-refractivity contribution is 14.1. The third-order valence-corrected chi connectivity index (χ3v) is 8.55. The Labute approximate surface area is 202 Å². The molecule has 0 radical (unpaired) electrons. The molecule has 2 aromatic rings. The number of anilines is 1. The molecule has 0 saturated carbocycles. The Kier molecular flexibility index (Phi) is 5.62. The zero-order chi connectivity index (χ0) is 21.8. The van der Waals surface area contributed by atoms with Gasteiger partial charge in [0, 0.05) is 41.2 Å². The molecule has 1 aliphatic heterocycles. The van der Waals surface area contributed by atoms with Crippen LogP contribution in [0.3, 0.4) is 0 Å². The zero-order valence-corrected chi connectivity index (χ0v) is 21.5. The zero-order valence-electron chi connectivity index (χ0n) is 16.9. The minimum Gasteiger partial charge on any atom is -0.384 e. The van der Waals surface area contributed by atoms with E-state index in [0.717, 1.165) is 35.6 Å². The molecule has 7 heteroatoms. The summed E-state index contributed by atoms with van der Waals surface area (Å²) < 4.78 is 2.10. The molecule has 30 heavy (non-hydrogen) atoms. The lowest BCUT2D eigenvalue weighted by molar-refractivity contribution is -0.118. The van der Waals surface area contributed by atoms with Crippen LogP contribution in [0.4, 0.5) is 5.69 Å². The summed E-state index contributed by atoms with van der Waals surface area (Å²) in [6.45, 7) is 6.25. The molecule has 4 nitrogen and oxygen atoms in total. The number of carbonyl (C=O) groups is 1. The van der Waals surface area contributed by atoms with Crippen molar-refractivity contribution in [3.8, 4) is 6.07 Å². The number of rotatable bonds is 2. The Morgan fingerprint density at radius 3 is 2.53 bits per heavy atom. The van der Waals surface area contributed by atoms with Crippen molar-refractivity contribution >= 4 is 61.3 Å². The van der Waals surface area contributed by atoms with Crippen LogP contribution in [-0.4, -0.2) is 5.78 Å². The number of carbonyl (C=O) groups excluding carboxylic acids is 1. The fourth-order valence-corrected chi connectivity index (χ4v) is 6.34. The molecule has 2 aliphatic rings. The summed E-state index contributed by atoms with van der Waals surface area (Å²) in [6.07, 6.45) is 1.19. The molecule has 1 atom stereocenters. The number of hydrogen-bond acceptors (Lipinski definition) is 5. The first-order chi connectivity index (χ1) is 14.1. The van der Waals surface area contributed by atoms with Crippen LogP contribution in [0, 0.1) is 27.2 Å². The lowest BCUT2D eigenvalue weighted by atomic mass is 9.69. The van der Waals surface area contributed by atoms with Gasteiger partial charge in [0.2, 0.25) is 0 Å². The number of aryl methyl sites for hydroxylation is 1. The largest absolute Gasteiger partial charge is 0.384 e. The van der Waals surface area contributed by atoms with Gasteiger partial charge in [-0.15, -0.1) is 11.3 Å². The van der Waals surface area contributed by atoms with E-state index in [9.17, 15) is 10.1 Å². The van der Waals surface area contributed by atoms with Gasteiger partial charge in [-0.25, -0.2) is 0 Å². The van der Waals surface area contributed by atoms with Crippen LogP contribution < -0.4 is 10.6 Å². The molecule has 1 aromatic heterocycles. The molecule has 0 amide bonds. The lowest BCUT2D eigenvalue weighted by Gasteiger charge is -2.43. The van der Waals surface area contributed by atoms with Gasteiger partial charge in [-0.3, -0.25) is 9.69 Å². The molecule has 0 fully saturated rings. The first kappa shape index (κ1) is 21.6. The second kappa shape index (κ2) is 7.81. The van der Waals surface area contributed by atoms with Crippen LogP contribution in [0.2, 0.25) is 0 Å². The average Bonchev–Trinajstić information content (AvgIpc) is 2.99. The molecule has 1 aromatic carbocycles. The number of nitrogens with zero attached hydrogens (tertiary/aromatic N) is 2. The van der Waals surface area contributed by atoms with Crippen LogP contribution in [0.15, 0.2) is 57.5 Å². The predicted molar refractivity (Wildman–Crippen MR) is 133 cm³/mol. The van der Waals surface area contributed by atoms with E-state index in [0.29, 0.717) is 23.4 Å². The van der Waals surface area contributed by atoms with Crippen molar-refractivity contribution in [2.24, 2.45) is 11.1 Å². The summed E-state index contributed by atoms with van der Waals surface area (Å²) in [5.74, 6) is 0.100. The third kappa shape index (κ3) is 3.63. The monoisotopic (exact) mass is 593 g/mol. The van der Waals surface area contributed by atoms with Crippen molar-refractivity contribution < 1.29 is 4.79 Å². The molecule has 0 saturated heterocycles. The number of nitrogens with two attached hydrogens (primary N) is 1. The average molecular weight is 594 g/mol. The van der Waals surface area contributed by atoms with Gasteiger partial charge in [0.15, 0.2) is 5.78 Å². The number of nitriles is 1. The Hall–Kier alpha value is -1.63. The molecular formula is C23H21BrIN3OS. The van der Waals surface area contributed by atoms with Crippen LogP contribution in [0.25, 0.3) is 0 Å². The summed E-state index contributed by atoms with van der Waals surface area (Å²) in [4.78, 5) is 17.5. The maximum absolute atomic E-state index is 13.5. The molecule has 1 aliphatic carbocycles. The number of Topliss-reactive ketones (excluding diaryl/α,β-unsaturated/α-hetero) is 1. The maximum atomic E-state index is 13.5. The Morgan fingerprint density at radius 1 is 1.30 bits per heavy atom. The van der Waals surface area contributed by atoms with E-state index >= 15 is 0 Å². The number of halogens is 2. The van der Waals surface area contributed by atoms with E-state index in [2.05, 4.69) is 58.4 Å². The van der Waals surface area contributed by atoms with Gasteiger partial charge in [-0.2, -0.15) is 5.26 Å². The summed E-state index contributed by atoms with van der Waals surface area (Å²) in [5, 5.41) is 10.1. The van der Waals surface area contributed by atoms with E-state index in [1.54, 1.807) is 11.3 Å². The van der Waals surface area contributed by atoms with Crippen molar-refractivity contribution in [1.82, 2.24) is 0 Å². The number of thiophene rings is 1. The smallest absolute Gasteiger partial charge is 0.162 e. The van der Waals surface area contributed by atoms with Crippen molar-refractivity contribution in [3.63, 3.8) is 0 Å². The first-order valence-electron chi connectivity index (χ1n) is 9.60. The molecular weight excluding hydrogens is 573 g/mol. The standard InChI is InChI=1S/C23H21BrIN3OS/c1-12-16(24)8-19(30-12)20-15(11-26)22(27)28(14-6-4-13(25)5-7-14)17-9-23(2,3)10-18(29)21(17)20/h4-8,20H,9-10,27H2,1-3H3. The number of hydrogen-bond donors (Lipinski definition) is 1. The van der Waals surface area contributed by atoms with E-state index in [1.807, 2.05) is 42.2 Å². The van der Waals surface area contributed by atoms with Gasteiger partial charge >= 0.3 is 0 Å². The van der Waals surface area contributed by atoms with E-state index < -0.39 is 5.92 Å². The van der Waals surface area contributed by atoms with Gasteiger partial charge in [-0.1, -0.05) is 13.8 Å². The molecule has 0 spiro atoms. The van der Waals surface area contributed by atoms with Crippen molar-refractivity contribution in [3.05, 3.63) is 70.8 Å². The molecule has 154 valence electrons. The van der Waals surface area contributed by atoms with Crippen molar-refractivity contribution in [2.45, 2.75) is 39.5 Å². The second-order valence-electron chi connectivity index (χ2n) is 8.51. The van der Waals surface area contributed by atoms with E-state index in [4.69, 9.17) is 5.73 Å². The summed E-state index contributed by atoms with van der Waals surface area (Å²) in [5.41, 5.74) is 9.43. The highest BCUT2D eigenvalue weighted by Crippen LogP contribution is 2.51.